The Bertz CT molecular complexity index is 1500. The van der Waals surface area contributed by atoms with E-state index in [1.807, 2.05) is 13.8 Å². The number of halogens is 2. The van der Waals surface area contributed by atoms with Crippen LogP contribution in [0.5, 0.6) is 0 Å². The maximum atomic E-state index is 13.7. The number of aliphatic hydroxyl groups is 1. The third kappa shape index (κ3) is 11.4. The summed E-state index contributed by atoms with van der Waals surface area (Å²) >= 11 is 0. The van der Waals surface area contributed by atoms with Gasteiger partial charge in [-0.2, -0.15) is 0 Å². The Kier molecular flexibility index (Phi) is 15.1. The zero-order valence-corrected chi connectivity index (χ0v) is 29.5. The number of sulfone groups is 1. The van der Waals surface area contributed by atoms with Crippen molar-refractivity contribution in [1.82, 2.24) is 15.2 Å². The molecule has 1 amide bonds. The van der Waals surface area contributed by atoms with Gasteiger partial charge in [0.05, 0.1) is 28.7 Å². The van der Waals surface area contributed by atoms with Crippen molar-refractivity contribution in [2.45, 2.75) is 95.6 Å². The molecular formula is C37H52F2N4O4S. The normalized spacial score (nSPS) is 15.0. The van der Waals surface area contributed by atoms with E-state index in [0.29, 0.717) is 30.5 Å². The Morgan fingerprint density at radius 3 is 2.21 bits per heavy atom. The van der Waals surface area contributed by atoms with E-state index in [1.54, 1.807) is 25.3 Å². The quantitative estimate of drug-likeness (QED) is 0.166. The number of nitrogens with zero attached hydrogens (tertiary/aromatic N) is 2. The molecule has 0 saturated heterocycles. The van der Waals surface area contributed by atoms with E-state index in [-0.39, 0.29) is 30.3 Å². The number of pyridine rings is 1. The fourth-order valence-electron chi connectivity index (χ4n) is 6.17. The molecule has 1 saturated carbocycles. The van der Waals surface area contributed by atoms with Crippen LogP contribution in [0.3, 0.4) is 0 Å². The molecule has 1 aromatic heterocycles. The summed E-state index contributed by atoms with van der Waals surface area (Å²) in [5.74, 6) is -1.56. The van der Waals surface area contributed by atoms with Crippen LogP contribution in [-0.4, -0.2) is 72.1 Å². The maximum Gasteiger partial charge on any atom is 0.253 e. The van der Waals surface area contributed by atoms with Gasteiger partial charge in [0.15, 0.2) is 9.84 Å². The van der Waals surface area contributed by atoms with Gasteiger partial charge >= 0.3 is 0 Å². The second kappa shape index (κ2) is 18.5. The summed E-state index contributed by atoms with van der Waals surface area (Å²) in [5, 5.41) is 13.2. The van der Waals surface area contributed by atoms with Gasteiger partial charge in [-0.3, -0.25) is 14.7 Å². The van der Waals surface area contributed by atoms with Crippen molar-refractivity contribution in [3.63, 3.8) is 0 Å². The topological polar surface area (TPSA) is 126 Å². The molecule has 0 radical (unpaired) electrons. The standard InChI is InChI=1S/C30H46N4O4S.C7H6F2/c1-4-9-28(10-5-2)39(37,38)22-26(33-29(36)24-12-8-16-32-19-24)20-34(21-27(35)18-31)30(14-15-30)25-13-7-11-23(6-3)17-25;1-5-2-6(8)4-7(9)3-5/h7-8,11-13,16-17,19,26-28,35H,4-6,9-10,14-15,18,20-22,31H2,1-3H3,(H,33,36);2-4H,1H3/t26?,27-;/m0./s1. The van der Waals surface area contributed by atoms with Crippen LogP contribution >= 0.6 is 0 Å². The van der Waals surface area contributed by atoms with Crippen LogP contribution in [0.2, 0.25) is 0 Å². The summed E-state index contributed by atoms with van der Waals surface area (Å²) in [7, 11) is -3.50. The molecule has 1 aliphatic carbocycles. The minimum Gasteiger partial charge on any atom is -0.390 e. The van der Waals surface area contributed by atoms with Crippen molar-refractivity contribution < 1.29 is 27.1 Å². The van der Waals surface area contributed by atoms with Crippen molar-refractivity contribution >= 4 is 15.7 Å². The lowest BCUT2D eigenvalue weighted by molar-refractivity contribution is 0.0715. The monoisotopic (exact) mass is 686 g/mol. The molecule has 0 spiro atoms. The number of carbonyl (C=O) groups is 1. The first-order chi connectivity index (χ1) is 22.9. The van der Waals surface area contributed by atoms with Gasteiger partial charge in [-0.25, -0.2) is 17.2 Å². The molecule has 0 aliphatic heterocycles. The number of aryl methyl sites for hydroxylation is 2. The molecular weight excluding hydrogens is 634 g/mol. The Morgan fingerprint density at radius 1 is 1.02 bits per heavy atom. The summed E-state index contributed by atoms with van der Waals surface area (Å²) in [4.78, 5) is 19.4. The average Bonchev–Trinajstić information content (AvgIpc) is 3.86. The molecule has 8 nitrogen and oxygen atoms in total. The highest BCUT2D eigenvalue weighted by atomic mass is 32.2. The predicted molar refractivity (Wildman–Crippen MR) is 187 cm³/mol. The Hall–Kier alpha value is -3.25. The molecule has 4 rings (SSSR count). The highest BCUT2D eigenvalue weighted by molar-refractivity contribution is 7.92. The van der Waals surface area contributed by atoms with Gasteiger partial charge in [0.1, 0.15) is 11.6 Å². The summed E-state index contributed by atoms with van der Waals surface area (Å²) in [6, 6.07) is 14.6. The number of aliphatic hydroxyl groups excluding tert-OH is 1. The van der Waals surface area contributed by atoms with E-state index in [1.165, 1.54) is 23.9 Å². The van der Waals surface area contributed by atoms with E-state index in [4.69, 9.17) is 5.73 Å². The molecule has 2 aromatic carbocycles. The number of nitrogens with two attached hydrogens (primary N) is 1. The Labute approximate surface area is 285 Å². The Morgan fingerprint density at radius 2 is 1.69 bits per heavy atom. The van der Waals surface area contributed by atoms with Gasteiger partial charge in [-0.15, -0.1) is 0 Å². The molecule has 1 unspecified atom stereocenters. The van der Waals surface area contributed by atoms with Crippen molar-refractivity contribution in [3.05, 3.63) is 101 Å². The van der Waals surface area contributed by atoms with Crippen LogP contribution in [-0.2, 0) is 21.8 Å². The number of rotatable bonds is 17. The zero-order chi connectivity index (χ0) is 35.3. The van der Waals surface area contributed by atoms with Crippen LogP contribution in [0.1, 0.15) is 86.3 Å². The van der Waals surface area contributed by atoms with E-state index >= 15 is 0 Å². The van der Waals surface area contributed by atoms with Gasteiger partial charge in [0.2, 0.25) is 0 Å². The molecule has 3 aromatic rings. The van der Waals surface area contributed by atoms with E-state index in [0.717, 1.165) is 43.7 Å². The fraction of sp³-hybridized carbons (Fsp3) is 0.514. The lowest BCUT2D eigenvalue weighted by atomic mass is 9.98. The van der Waals surface area contributed by atoms with Gasteiger partial charge in [-0.1, -0.05) is 57.9 Å². The highest BCUT2D eigenvalue weighted by Crippen LogP contribution is 2.51. The second-order valence-corrected chi connectivity index (χ2v) is 15.1. The van der Waals surface area contributed by atoms with Crippen molar-refractivity contribution in [3.8, 4) is 0 Å². The van der Waals surface area contributed by atoms with Crippen LogP contribution < -0.4 is 11.1 Å². The molecule has 0 bridgehead atoms. The highest BCUT2D eigenvalue weighted by Gasteiger charge is 2.50. The van der Waals surface area contributed by atoms with E-state index in [9.17, 15) is 27.1 Å². The number of carbonyl (C=O) groups excluding carboxylic acids is 1. The first kappa shape index (κ1) is 39.2. The number of hydrogen-bond acceptors (Lipinski definition) is 7. The fourth-order valence-corrected chi connectivity index (χ4v) is 8.38. The molecule has 2 atom stereocenters. The predicted octanol–water partition coefficient (Wildman–Crippen LogP) is 5.71. The minimum atomic E-state index is -3.50. The van der Waals surface area contributed by atoms with Gasteiger partial charge in [0.25, 0.3) is 5.91 Å². The molecule has 11 heteroatoms. The lowest BCUT2D eigenvalue weighted by Gasteiger charge is -2.37. The van der Waals surface area contributed by atoms with Gasteiger partial charge < -0.3 is 16.2 Å². The van der Waals surface area contributed by atoms with Crippen LogP contribution in [0.25, 0.3) is 0 Å². The average molecular weight is 687 g/mol. The molecule has 48 heavy (non-hydrogen) atoms. The van der Waals surface area contributed by atoms with Crippen molar-refractivity contribution in [1.29, 1.82) is 0 Å². The number of nitrogens with one attached hydrogen (secondary N) is 1. The molecule has 1 aliphatic rings. The summed E-state index contributed by atoms with van der Waals surface area (Å²) in [5.41, 5.74) is 8.85. The maximum absolute atomic E-state index is 13.7. The number of aromatic nitrogens is 1. The smallest absolute Gasteiger partial charge is 0.253 e. The van der Waals surface area contributed by atoms with Crippen molar-refractivity contribution in [2.24, 2.45) is 5.73 Å². The van der Waals surface area contributed by atoms with Crippen LogP contribution in [0, 0.1) is 18.6 Å². The zero-order valence-electron chi connectivity index (χ0n) is 28.7. The summed E-state index contributed by atoms with van der Waals surface area (Å²) < 4.78 is 51.7. The Balaban J connectivity index is 0.000000598. The number of benzene rings is 2. The molecule has 1 heterocycles. The van der Waals surface area contributed by atoms with E-state index in [2.05, 4.69) is 46.4 Å². The third-order valence-corrected chi connectivity index (χ3v) is 11.1. The first-order valence-electron chi connectivity index (χ1n) is 16.9. The first-order valence-corrected chi connectivity index (χ1v) is 18.7. The van der Waals surface area contributed by atoms with Crippen LogP contribution in [0.4, 0.5) is 8.78 Å². The minimum absolute atomic E-state index is 0.0989. The summed E-state index contributed by atoms with van der Waals surface area (Å²) in [6.07, 6.45) is 7.76. The SMILES string of the molecule is CCCC(CCC)S(=O)(=O)CC(CN(C[C@@H](O)CN)C1(c2cccc(CC)c2)CC1)NC(=O)c1cccnc1.Cc1cc(F)cc(F)c1. The lowest BCUT2D eigenvalue weighted by Crippen LogP contribution is -2.53. The summed E-state index contributed by atoms with van der Waals surface area (Å²) in [6.45, 7) is 8.43. The third-order valence-electron chi connectivity index (χ3n) is 8.77. The van der Waals surface area contributed by atoms with Crippen molar-refractivity contribution in [2.75, 3.05) is 25.4 Å². The second-order valence-electron chi connectivity index (χ2n) is 12.8. The van der Waals surface area contributed by atoms with Gasteiger partial charge in [0, 0.05) is 43.6 Å². The number of hydrogen-bond donors (Lipinski definition) is 3. The van der Waals surface area contributed by atoms with Crippen LogP contribution in [0.15, 0.2) is 67.0 Å². The molecule has 4 N–H and O–H groups in total. The largest absolute Gasteiger partial charge is 0.390 e. The van der Waals surface area contributed by atoms with E-state index < -0.39 is 38.9 Å². The molecule has 1 fully saturated rings. The number of amides is 1. The molecule has 264 valence electrons. The van der Waals surface area contributed by atoms with Gasteiger partial charge in [-0.05, 0) is 80.0 Å².